The summed E-state index contributed by atoms with van der Waals surface area (Å²) in [5, 5.41) is 3.06. The highest BCUT2D eigenvalue weighted by molar-refractivity contribution is 5.91. The molecule has 1 aliphatic rings. The molecule has 156 valence electrons. The first kappa shape index (κ1) is 21.3. The van der Waals surface area contributed by atoms with Gasteiger partial charge in [0.25, 0.3) is 5.91 Å². The highest BCUT2D eigenvalue weighted by Gasteiger charge is 2.16. The Hall–Kier alpha value is -2.37. The van der Waals surface area contributed by atoms with Crippen molar-refractivity contribution >= 4 is 17.3 Å². The first-order chi connectivity index (χ1) is 14.0. The van der Waals surface area contributed by atoms with Crippen LogP contribution in [-0.2, 0) is 17.9 Å². The minimum Gasteiger partial charge on any atom is -0.378 e. The second kappa shape index (κ2) is 10.4. The number of quaternary nitrogens is 2. The highest BCUT2D eigenvalue weighted by Crippen LogP contribution is 2.12. The van der Waals surface area contributed by atoms with Gasteiger partial charge in [0, 0.05) is 49.4 Å². The van der Waals surface area contributed by atoms with Gasteiger partial charge in [-0.2, -0.15) is 0 Å². The molecule has 0 aromatic heterocycles. The third-order valence-corrected chi connectivity index (χ3v) is 5.82. The molecule has 2 aromatic rings. The van der Waals surface area contributed by atoms with Gasteiger partial charge in [-0.3, -0.25) is 4.79 Å². The first-order valence-corrected chi connectivity index (χ1v) is 10.9. The number of likely N-dealkylation sites (tertiary alicyclic amines) is 1. The van der Waals surface area contributed by atoms with E-state index in [2.05, 4.69) is 53.5 Å². The third-order valence-electron chi connectivity index (χ3n) is 5.82. The van der Waals surface area contributed by atoms with Crippen molar-refractivity contribution in [3.63, 3.8) is 0 Å². The van der Waals surface area contributed by atoms with Crippen LogP contribution >= 0.6 is 0 Å². The second-order valence-corrected chi connectivity index (χ2v) is 8.40. The van der Waals surface area contributed by atoms with E-state index in [4.69, 9.17) is 0 Å². The minimum absolute atomic E-state index is 0.0738. The molecule has 0 bridgehead atoms. The van der Waals surface area contributed by atoms with E-state index in [0.717, 1.165) is 25.3 Å². The lowest BCUT2D eigenvalue weighted by atomic mass is 10.2. The largest absolute Gasteiger partial charge is 0.378 e. The summed E-state index contributed by atoms with van der Waals surface area (Å²) in [5.41, 5.74) is 4.69. The van der Waals surface area contributed by atoms with E-state index < -0.39 is 0 Å². The van der Waals surface area contributed by atoms with Crippen molar-refractivity contribution < 1.29 is 14.6 Å². The molecule has 5 heteroatoms. The number of nitrogens with zero attached hydrogens (tertiary/aromatic N) is 1. The van der Waals surface area contributed by atoms with Gasteiger partial charge in [0.2, 0.25) is 0 Å². The van der Waals surface area contributed by atoms with Crippen LogP contribution in [0.4, 0.5) is 11.4 Å². The van der Waals surface area contributed by atoms with Crippen molar-refractivity contribution in [3.05, 3.63) is 59.7 Å². The molecule has 3 rings (SSSR count). The van der Waals surface area contributed by atoms with Crippen LogP contribution in [0.25, 0.3) is 0 Å². The molecule has 1 fully saturated rings. The van der Waals surface area contributed by atoms with Crippen molar-refractivity contribution in [2.45, 2.75) is 32.9 Å². The van der Waals surface area contributed by atoms with Gasteiger partial charge in [0.1, 0.15) is 13.1 Å². The van der Waals surface area contributed by atoms with Gasteiger partial charge in [-0.25, -0.2) is 0 Å². The maximum absolute atomic E-state index is 12.5. The maximum atomic E-state index is 12.5. The fraction of sp³-hybridized carbons (Fsp3) is 0.458. The van der Waals surface area contributed by atoms with Gasteiger partial charge in [-0.1, -0.05) is 24.3 Å². The Morgan fingerprint density at radius 3 is 2.21 bits per heavy atom. The lowest BCUT2D eigenvalue weighted by molar-refractivity contribution is -0.903. The number of amides is 1. The molecule has 0 spiro atoms. The van der Waals surface area contributed by atoms with Crippen molar-refractivity contribution in [2.24, 2.45) is 0 Å². The number of anilines is 2. The van der Waals surface area contributed by atoms with Crippen LogP contribution in [0.2, 0.25) is 0 Å². The van der Waals surface area contributed by atoms with E-state index in [-0.39, 0.29) is 5.91 Å². The lowest BCUT2D eigenvalue weighted by Crippen LogP contribution is -3.11. The quantitative estimate of drug-likeness (QED) is 0.591. The van der Waals surface area contributed by atoms with E-state index in [1.54, 1.807) is 4.90 Å². The summed E-state index contributed by atoms with van der Waals surface area (Å²) >= 11 is 0. The fourth-order valence-corrected chi connectivity index (χ4v) is 3.99. The zero-order chi connectivity index (χ0) is 20.6. The summed E-state index contributed by atoms with van der Waals surface area (Å²) < 4.78 is 0. The number of benzene rings is 2. The standard InChI is InChI=1S/C24H34N4O/c1-4-27(17-21-9-13-23(14-10-21)26(2)3)19-24(29)25-22-11-7-20(8-12-22)18-28-15-5-6-16-28/h7-14H,4-6,15-19H2,1-3H3,(H,25,29)/p+2. The van der Waals surface area contributed by atoms with Crippen molar-refractivity contribution in [3.8, 4) is 0 Å². The molecular formula is C24H36N4O+2. The van der Waals surface area contributed by atoms with E-state index in [1.807, 2.05) is 26.2 Å². The summed E-state index contributed by atoms with van der Waals surface area (Å²) in [6, 6.07) is 17.0. The summed E-state index contributed by atoms with van der Waals surface area (Å²) in [5.74, 6) is 0.0738. The molecule has 1 saturated heterocycles. The summed E-state index contributed by atoms with van der Waals surface area (Å²) in [6.07, 6.45) is 2.69. The molecule has 2 aromatic carbocycles. The molecule has 29 heavy (non-hydrogen) atoms. The monoisotopic (exact) mass is 396 g/mol. The first-order valence-electron chi connectivity index (χ1n) is 10.9. The molecular weight excluding hydrogens is 360 g/mol. The van der Waals surface area contributed by atoms with E-state index in [9.17, 15) is 4.79 Å². The van der Waals surface area contributed by atoms with Crippen LogP contribution < -0.4 is 20.0 Å². The Kier molecular flexibility index (Phi) is 7.67. The number of likely N-dealkylation sites (N-methyl/N-ethyl adjacent to an activating group) is 1. The molecule has 3 N–H and O–H groups in total. The van der Waals surface area contributed by atoms with E-state index in [1.165, 1.54) is 47.6 Å². The number of nitrogens with one attached hydrogen (secondary N) is 3. The molecule has 1 atom stereocenters. The molecule has 1 amide bonds. The Morgan fingerprint density at radius 1 is 1.00 bits per heavy atom. The summed E-state index contributed by atoms with van der Waals surface area (Å²) in [4.78, 5) is 17.6. The number of hydrogen-bond acceptors (Lipinski definition) is 2. The predicted octanol–water partition coefficient (Wildman–Crippen LogP) is 0.975. The number of rotatable bonds is 9. The zero-order valence-corrected chi connectivity index (χ0v) is 18.1. The smallest absolute Gasteiger partial charge is 0.279 e. The lowest BCUT2D eigenvalue weighted by Gasteiger charge is -2.18. The van der Waals surface area contributed by atoms with Gasteiger partial charge >= 0.3 is 0 Å². The van der Waals surface area contributed by atoms with Crippen LogP contribution in [0.3, 0.4) is 0 Å². The molecule has 1 unspecified atom stereocenters. The van der Waals surface area contributed by atoms with Gasteiger partial charge in [0.05, 0.1) is 19.6 Å². The SMILES string of the molecule is CC[NH+](CC(=O)Nc1ccc(C[NH+]2CCCC2)cc1)Cc1ccc(N(C)C)cc1. The molecule has 1 aliphatic heterocycles. The number of carbonyl (C=O) groups excluding carboxylic acids is 1. The van der Waals surface area contributed by atoms with Crippen LogP contribution in [0.1, 0.15) is 30.9 Å². The topological polar surface area (TPSA) is 41.2 Å². The average molecular weight is 397 g/mol. The van der Waals surface area contributed by atoms with Crippen LogP contribution in [0.5, 0.6) is 0 Å². The van der Waals surface area contributed by atoms with E-state index >= 15 is 0 Å². The fourth-order valence-electron chi connectivity index (χ4n) is 3.99. The molecule has 0 radical (unpaired) electrons. The maximum Gasteiger partial charge on any atom is 0.279 e. The van der Waals surface area contributed by atoms with Crippen molar-refractivity contribution in [2.75, 3.05) is 50.5 Å². The Bertz CT molecular complexity index is 764. The van der Waals surface area contributed by atoms with Crippen LogP contribution in [-0.4, -0.2) is 46.2 Å². The van der Waals surface area contributed by atoms with Gasteiger partial charge in [-0.05, 0) is 31.2 Å². The van der Waals surface area contributed by atoms with Crippen LogP contribution in [0, 0.1) is 0 Å². The van der Waals surface area contributed by atoms with Crippen molar-refractivity contribution in [1.29, 1.82) is 0 Å². The van der Waals surface area contributed by atoms with E-state index in [0.29, 0.717) is 6.54 Å². The van der Waals surface area contributed by atoms with Gasteiger partial charge < -0.3 is 20.0 Å². The number of carbonyl (C=O) groups is 1. The Labute approximate surface area is 175 Å². The highest BCUT2D eigenvalue weighted by atomic mass is 16.2. The Balaban J connectivity index is 1.48. The molecule has 1 heterocycles. The third kappa shape index (κ3) is 6.58. The second-order valence-electron chi connectivity index (χ2n) is 8.40. The van der Waals surface area contributed by atoms with Crippen molar-refractivity contribution in [1.82, 2.24) is 0 Å². The number of hydrogen-bond donors (Lipinski definition) is 3. The molecule has 0 saturated carbocycles. The summed E-state index contributed by atoms with van der Waals surface area (Å²) in [6.45, 7) is 8.04. The minimum atomic E-state index is 0.0738. The van der Waals surface area contributed by atoms with Gasteiger partial charge in [-0.15, -0.1) is 0 Å². The van der Waals surface area contributed by atoms with Gasteiger partial charge in [0.15, 0.2) is 6.54 Å². The summed E-state index contributed by atoms with van der Waals surface area (Å²) in [7, 11) is 4.09. The average Bonchev–Trinajstić information content (AvgIpc) is 3.22. The molecule has 0 aliphatic carbocycles. The Morgan fingerprint density at radius 2 is 1.62 bits per heavy atom. The normalized spacial score (nSPS) is 15.3. The van der Waals surface area contributed by atoms with Crippen LogP contribution in [0.15, 0.2) is 48.5 Å². The molecule has 5 nitrogen and oxygen atoms in total. The predicted molar refractivity (Wildman–Crippen MR) is 120 cm³/mol. The zero-order valence-electron chi connectivity index (χ0n) is 18.1.